The van der Waals surface area contributed by atoms with E-state index in [0.29, 0.717) is 22.3 Å². The van der Waals surface area contributed by atoms with Crippen LogP contribution in [-0.4, -0.2) is 33.0 Å². The van der Waals surface area contributed by atoms with Gasteiger partial charge >= 0.3 is 0 Å². The Morgan fingerprint density at radius 2 is 1.68 bits per heavy atom. The Morgan fingerprint density at radius 1 is 1.00 bits per heavy atom. The molecule has 2 aliphatic rings. The number of thioether (sulfide) groups is 1. The third kappa shape index (κ3) is 4.76. The van der Waals surface area contributed by atoms with E-state index in [2.05, 4.69) is 22.4 Å². The maximum absolute atomic E-state index is 12.7. The summed E-state index contributed by atoms with van der Waals surface area (Å²) in [6, 6.07) is 27.0. The minimum atomic E-state index is -0.607. The quantitative estimate of drug-likeness (QED) is 0.513. The molecule has 6 nitrogen and oxygen atoms in total. The summed E-state index contributed by atoms with van der Waals surface area (Å²) in [5, 5.41) is 9.81. The molecule has 8 heteroatoms. The average Bonchev–Trinajstić information content (AvgIpc) is 3.46. The lowest BCUT2D eigenvalue weighted by molar-refractivity contribution is -0.121. The average molecular weight is 489 g/mol. The van der Waals surface area contributed by atoms with Gasteiger partial charge < -0.3 is 5.32 Å². The molecule has 2 aliphatic heterocycles. The molecule has 0 saturated carbocycles. The molecule has 0 saturated heterocycles. The molecule has 5 rings (SSSR count). The summed E-state index contributed by atoms with van der Waals surface area (Å²) < 4.78 is 0. The Morgan fingerprint density at radius 3 is 2.41 bits per heavy atom. The van der Waals surface area contributed by atoms with Gasteiger partial charge in [-0.25, -0.2) is 5.01 Å². The fourth-order valence-corrected chi connectivity index (χ4v) is 5.21. The Kier molecular flexibility index (Phi) is 6.47. The number of carbonyl (C=O) groups excluding carboxylic acids is 2. The van der Waals surface area contributed by atoms with E-state index in [4.69, 9.17) is 16.7 Å². The van der Waals surface area contributed by atoms with Gasteiger partial charge in [0.05, 0.1) is 22.5 Å². The van der Waals surface area contributed by atoms with Gasteiger partial charge in [-0.05, 0) is 23.3 Å². The van der Waals surface area contributed by atoms with E-state index in [9.17, 15) is 9.59 Å². The zero-order valence-corrected chi connectivity index (χ0v) is 19.7. The SMILES string of the molecule is O=C(C[C@@H]1SC(N2N=C(c3ccccc3)C[C@H]2c2ccccc2)=NC1=O)Nc1ccccc1Cl. The number of hydrazone groups is 1. The molecule has 0 unspecified atom stereocenters. The predicted octanol–water partition coefficient (Wildman–Crippen LogP) is 5.52. The van der Waals surface area contributed by atoms with Gasteiger partial charge in [0.25, 0.3) is 5.91 Å². The number of amides is 2. The molecular formula is C26H21ClN4O2S. The zero-order chi connectivity index (χ0) is 23.5. The van der Waals surface area contributed by atoms with Crippen molar-refractivity contribution in [3.63, 3.8) is 0 Å². The molecule has 170 valence electrons. The van der Waals surface area contributed by atoms with E-state index < -0.39 is 5.25 Å². The summed E-state index contributed by atoms with van der Waals surface area (Å²) in [5.41, 5.74) is 3.58. The van der Waals surface area contributed by atoms with Crippen LogP contribution in [0.3, 0.4) is 0 Å². The molecule has 0 bridgehead atoms. The standard InChI is InChI=1S/C26H21ClN4O2S/c27-19-13-7-8-14-20(19)28-24(32)16-23-25(33)29-26(34-23)31-22(18-11-5-2-6-12-18)15-21(30-31)17-9-3-1-4-10-17/h1-14,22-23H,15-16H2,(H,28,32)/t22-,23-/m0/s1. The third-order valence-corrected chi connectivity index (χ3v) is 7.12. The lowest BCUT2D eigenvalue weighted by Crippen LogP contribution is -2.25. The van der Waals surface area contributed by atoms with Gasteiger partial charge in [0.15, 0.2) is 5.17 Å². The minimum absolute atomic E-state index is 0.000817. The Labute approximate surface area is 206 Å². The number of anilines is 1. The number of para-hydroxylation sites is 1. The fraction of sp³-hybridized carbons (Fsp3) is 0.154. The van der Waals surface area contributed by atoms with Crippen LogP contribution in [0.5, 0.6) is 0 Å². The first-order chi connectivity index (χ1) is 16.6. The number of aliphatic imine (C=N–C) groups is 1. The van der Waals surface area contributed by atoms with E-state index in [1.807, 2.05) is 53.5 Å². The summed E-state index contributed by atoms with van der Waals surface area (Å²) in [6.07, 6.45) is 0.695. The van der Waals surface area contributed by atoms with E-state index in [1.165, 1.54) is 11.8 Å². The van der Waals surface area contributed by atoms with Gasteiger partial charge in [0.2, 0.25) is 5.91 Å². The number of nitrogens with zero attached hydrogens (tertiary/aromatic N) is 3. The van der Waals surface area contributed by atoms with Gasteiger partial charge in [-0.1, -0.05) is 96.2 Å². The van der Waals surface area contributed by atoms with Gasteiger partial charge in [-0.3, -0.25) is 9.59 Å². The van der Waals surface area contributed by atoms with Crippen molar-refractivity contribution in [1.29, 1.82) is 0 Å². The predicted molar refractivity (Wildman–Crippen MR) is 137 cm³/mol. The molecule has 2 heterocycles. The van der Waals surface area contributed by atoms with Gasteiger partial charge in [0, 0.05) is 12.8 Å². The minimum Gasteiger partial charge on any atom is -0.325 e. The topological polar surface area (TPSA) is 74.1 Å². The first-order valence-electron chi connectivity index (χ1n) is 10.9. The number of hydrogen-bond acceptors (Lipinski definition) is 5. The van der Waals surface area contributed by atoms with Crippen LogP contribution in [0.15, 0.2) is 95.0 Å². The number of halogens is 1. The van der Waals surface area contributed by atoms with Crippen LogP contribution in [-0.2, 0) is 9.59 Å². The van der Waals surface area contributed by atoms with Gasteiger partial charge in [-0.15, -0.1) is 0 Å². The lowest BCUT2D eigenvalue weighted by atomic mass is 9.99. The molecule has 2 amide bonds. The fourth-order valence-electron chi connectivity index (χ4n) is 3.96. The maximum Gasteiger partial charge on any atom is 0.262 e. The van der Waals surface area contributed by atoms with Crippen molar-refractivity contribution < 1.29 is 9.59 Å². The molecule has 3 aromatic rings. The number of hydrogen-bond donors (Lipinski definition) is 1. The molecule has 3 aromatic carbocycles. The Balaban J connectivity index is 1.34. The van der Waals surface area contributed by atoms with Crippen LogP contribution in [0, 0.1) is 0 Å². The molecule has 0 radical (unpaired) electrons. The second kappa shape index (κ2) is 9.83. The number of rotatable bonds is 5. The van der Waals surface area contributed by atoms with Crippen molar-refractivity contribution in [2.75, 3.05) is 5.32 Å². The van der Waals surface area contributed by atoms with Crippen molar-refractivity contribution in [2.45, 2.75) is 24.1 Å². The number of benzene rings is 3. The van der Waals surface area contributed by atoms with Crippen molar-refractivity contribution >= 4 is 51.7 Å². The second-order valence-electron chi connectivity index (χ2n) is 7.96. The van der Waals surface area contributed by atoms with Gasteiger partial charge in [-0.2, -0.15) is 10.1 Å². The molecule has 0 aliphatic carbocycles. The molecular weight excluding hydrogens is 468 g/mol. The Bertz CT molecular complexity index is 1280. The third-order valence-electron chi connectivity index (χ3n) is 5.65. The first-order valence-corrected chi connectivity index (χ1v) is 12.1. The summed E-state index contributed by atoms with van der Waals surface area (Å²) >= 11 is 7.41. The zero-order valence-electron chi connectivity index (χ0n) is 18.1. The first kappa shape index (κ1) is 22.4. The Hall–Kier alpha value is -3.42. The van der Waals surface area contributed by atoms with E-state index in [1.54, 1.807) is 24.3 Å². The van der Waals surface area contributed by atoms with Gasteiger partial charge in [0.1, 0.15) is 5.25 Å². The van der Waals surface area contributed by atoms with Crippen LogP contribution in [0.1, 0.15) is 30.0 Å². The largest absolute Gasteiger partial charge is 0.325 e. The highest BCUT2D eigenvalue weighted by atomic mass is 35.5. The van der Waals surface area contributed by atoms with E-state index >= 15 is 0 Å². The summed E-state index contributed by atoms with van der Waals surface area (Å²) in [4.78, 5) is 29.6. The summed E-state index contributed by atoms with van der Waals surface area (Å²) in [7, 11) is 0. The van der Waals surface area contributed by atoms with Crippen molar-refractivity contribution in [3.8, 4) is 0 Å². The maximum atomic E-state index is 12.7. The number of amidine groups is 1. The molecule has 2 atom stereocenters. The molecule has 0 aromatic heterocycles. The van der Waals surface area contributed by atoms with Crippen molar-refractivity contribution in [3.05, 3.63) is 101 Å². The monoisotopic (exact) mass is 488 g/mol. The molecule has 0 fully saturated rings. The van der Waals surface area contributed by atoms with Crippen LogP contribution in [0.4, 0.5) is 5.69 Å². The van der Waals surface area contributed by atoms with Crippen molar-refractivity contribution in [1.82, 2.24) is 5.01 Å². The second-order valence-corrected chi connectivity index (χ2v) is 9.54. The van der Waals surface area contributed by atoms with E-state index in [0.717, 1.165) is 16.8 Å². The van der Waals surface area contributed by atoms with Crippen LogP contribution in [0.25, 0.3) is 0 Å². The number of nitrogens with one attached hydrogen (secondary N) is 1. The van der Waals surface area contributed by atoms with Crippen LogP contribution < -0.4 is 5.32 Å². The highest BCUT2D eigenvalue weighted by Crippen LogP contribution is 2.38. The van der Waals surface area contributed by atoms with Crippen LogP contribution in [0.2, 0.25) is 5.02 Å². The lowest BCUT2D eigenvalue weighted by Gasteiger charge is -2.23. The molecule has 34 heavy (non-hydrogen) atoms. The summed E-state index contributed by atoms with van der Waals surface area (Å²) in [5.74, 6) is -0.616. The normalized spacial score (nSPS) is 19.7. The summed E-state index contributed by atoms with van der Waals surface area (Å²) in [6.45, 7) is 0. The highest BCUT2D eigenvalue weighted by molar-refractivity contribution is 8.15. The van der Waals surface area contributed by atoms with Crippen LogP contribution >= 0.6 is 23.4 Å². The highest BCUT2D eigenvalue weighted by Gasteiger charge is 2.39. The smallest absolute Gasteiger partial charge is 0.262 e. The molecule has 1 N–H and O–H groups in total. The number of carbonyl (C=O) groups is 2. The van der Waals surface area contributed by atoms with E-state index in [-0.39, 0.29) is 24.3 Å². The van der Waals surface area contributed by atoms with Crippen molar-refractivity contribution in [2.24, 2.45) is 10.1 Å². The molecule has 0 spiro atoms.